The van der Waals surface area contributed by atoms with Crippen LogP contribution < -0.4 is 9.62 Å². The Kier molecular flexibility index (Phi) is 6.29. The Bertz CT molecular complexity index is 1080. The second kappa shape index (κ2) is 8.87. The second-order valence-corrected chi connectivity index (χ2v) is 8.17. The molecular formula is C22H21FN2O3S. The van der Waals surface area contributed by atoms with Gasteiger partial charge in [-0.15, -0.1) is 0 Å². The fraction of sp³-hybridized carbons (Fsp3) is 0.136. The maximum atomic E-state index is 13.7. The van der Waals surface area contributed by atoms with E-state index in [1.807, 2.05) is 6.07 Å². The highest BCUT2D eigenvalue weighted by atomic mass is 32.2. The summed E-state index contributed by atoms with van der Waals surface area (Å²) in [5.74, 6) is -0.803. The Morgan fingerprint density at radius 3 is 2.17 bits per heavy atom. The van der Waals surface area contributed by atoms with E-state index in [4.69, 9.17) is 0 Å². The number of hydrogen-bond acceptors (Lipinski definition) is 3. The van der Waals surface area contributed by atoms with E-state index in [0.29, 0.717) is 16.8 Å². The van der Waals surface area contributed by atoms with Crippen molar-refractivity contribution in [2.45, 2.75) is 18.4 Å². The Morgan fingerprint density at radius 1 is 0.931 bits per heavy atom. The number of hydrogen-bond donors (Lipinski definition) is 1. The smallest absolute Gasteiger partial charge is 0.264 e. The average Bonchev–Trinajstić information content (AvgIpc) is 2.74. The Labute approximate surface area is 169 Å². The first-order valence-corrected chi connectivity index (χ1v) is 10.6. The Balaban J connectivity index is 1.75. The molecule has 1 N–H and O–H groups in total. The minimum atomic E-state index is -3.76. The highest BCUT2D eigenvalue weighted by Crippen LogP contribution is 2.23. The Hall–Kier alpha value is -3.19. The van der Waals surface area contributed by atoms with Gasteiger partial charge in [-0.2, -0.15) is 0 Å². The molecule has 0 aliphatic rings. The van der Waals surface area contributed by atoms with E-state index in [0.717, 1.165) is 0 Å². The SMILES string of the molecule is CCN(c1ccccc1)S(=O)(=O)c1ccc(C(=O)NCc2ccccc2F)cc1. The number of benzene rings is 3. The van der Waals surface area contributed by atoms with Crippen LogP contribution in [0, 0.1) is 5.82 Å². The van der Waals surface area contributed by atoms with Gasteiger partial charge in [-0.1, -0.05) is 36.4 Å². The molecule has 0 aromatic heterocycles. The first kappa shape index (κ1) is 20.5. The molecule has 0 heterocycles. The summed E-state index contributed by atoms with van der Waals surface area (Å²) in [6.07, 6.45) is 0. The van der Waals surface area contributed by atoms with Crippen LogP contribution in [-0.4, -0.2) is 20.9 Å². The lowest BCUT2D eigenvalue weighted by molar-refractivity contribution is 0.0950. The van der Waals surface area contributed by atoms with Crippen LogP contribution in [0.15, 0.2) is 83.8 Å². The molecule has 0 spiro atoms. The fourth-order valence-electron chi connectivity index (χ4n) is 2.91. The predicted octanol–water partition coefficient (Wildman–Crippen LogP) is 3.97. The van der Waals surface area contributed by atoms with Crippen LogP contribution in [0.4, 0.5) is 10.1 Å². The molecule has 3 aromatic carbocycles. The molecule has 3 rings (SSSR count). The molecule has 0 aliphatic carbocycles. The summed E-state index contributed by atoms with van der Waals surface area (Å²) < 4.78 is 40.9. The van der Waals surface area contributed by atoms with E-state index in [9.17, 15) is 17.6 Å². The molecule has 0 bridgehead atoms. The number of carbonyl (C=O) groups is 1. The van der Waals surface area contributed by atoms with Crippen molar-refractivity contribution in [2.75, 3.05) is 10.8 Å². The van der Waals surface area contributed by atoms with E-state index >= 15 is 0 Å². The van der Waals surface area contributed by atoms with Crippen molar-refractivity contribution in [1.82, 2.24) is 5.32 Å². The molecule has 5 nitrogen and oxygen atoms in total. The highest BCUT2D eigenvalue weighted by molar-refractivity contribution is 7.92. The fourth-order valence-corrected chi connectivity index (χ4v) is 4.38. The monoisotopic (exact) mass is 412 g/mol. The molecular weight excluding hydrogens is 391 g/mol. The molecule has 0 atom stereocenters. The number of anilines is 1. The van der Waals surface area contributed by atoms with Crippen LogP contribution in [0.25, 0.3) is 0 Å². The normalized spacial score (nSPS) is 11.1. The molecule has 29 heavy (non-hydrogen) atoms. The summed E-state index contributed by atoms with van der Waals surface area (Å²) in [5, 5.41) is 2.64. The molecule has 0 fully saturated rings. The van der Waals surface area contributed by atoms with Crippen LogP contribution in [0.2, 0.25) is 0 Å². The first-order chi connectivity index (χ1) is 13.9. The highest BCUT2D eigenvalue weighted by Gasteiger charge is 2.23. The lowest BCUT2D eigenvalue weighted by Gasteiger charge is -2.23. The van der Waals surface area contributed by atoms with E-state index < -0.39 is 21.7 Å². The van der Waals surface area contributed by atoms with Crippen molar-refractivity contribution >= 4 is 21.6 Å². The number of carbonyl (C=O) groups excluding carboxylic acids is 1. The second-order valence-electron chi connectivity index (χ2n) is 6.30. The lowest BCUT2D eigenvalue weighted by Crippen LogP contribution is -2.30. The van der Waals surface area contributed by atoms with Gasteiger partial charge in [0, 0.05) is 24.2 Å². The van der Waals surface area contributed by atoms with Gasteiger partial charge in [0.2, 0.25) is 0 Å². The van der Waals surface area contributed by atoms with Gasteiger partial charge in [0.1, 0.15) is 5.82 Å². The molecule has 0 unspecified atom stereocenters. The first-order valence-electron chi connectivity index (χ1n) is 9.13. The van der Waals surface area contributed by atoms with E-state index in [-0.39, 0.29) is 18.0 Å². The van der Waals surface area contributed by atoms with Crippen molar-refractivity contribution in [3.8, 4) is 0 Å². The molecule has 3 aromatic rings. The van der Waals surface area contributed by atoms with Gasteiger partial charge in [-0.25, -0.2) is 12.8 Å². The van der Waals surface area contributed by atoms with Crippen LogP contribution >= 0.6 is 0 Å². The van der Waals surface area contributed by atoms with Crippen molar-refractivity contribution < 1.29 is 17.6 Å². The number of rotatable bonds is 7. The summed E-state index contributed by atoms with van der Waals surface area (Å²) in [5.41, 5.74) is 1.24. The van der Waals surface area contributed by atoms with Gasteiger partial charge < -0.3 is 5.32 Å². The summed E-state index contributed by atoms with van der Waals surface area (Å²) in [7, 11) is -3.76. The zero-order valence-corrected chi connectivity index (χ0v) is 16.7. The van der Waals surface area contributed by atoms with Gasteiger partial charge in [0.25, 0.3) is 15.9 Å². The van der Waals surface area contributed by atoms with Crippen molar-refractivity contribution in [2.24, 2.45) is 0 Å². The number of halogens is 1. The topological polar surface area (TPSA) is 66.5 Å². The molecule has 0 saturated carbocycles. The van der Waals surface area contributed by atoms with E-state index in [2.05, 4.69) is 5.32 Å². The zero-order valence-electron chi connectivity index (χ0n) is 15.9. The molecule has 150 valence electrons. The third kappa shape index (κ3) is 4.63. The van der Waals surface area contributed by atoms with Crippen molar-refractivity contribution in [3.05, 3.63) is 95.8 Å². The van der Waals surface area contributed by atoms with Crippen molar-refractivity contribution in [3.63, 3.8) is 0 Å². The number of sulfonamides is 1. The van der Waals surface area contributed by atoms with Crippen molar-refractivity contribution in [1.29, 1.82) is 0 Å². The minimum absolute atomic E-state index is 0.0448. The van der Waals surface area contributed by atoms with Gasteiger partial charge in [-0.3, -0.25) is 9.10 Å². The van der Waals surface area contributed by atoms with Crippen LogP contribution in [0.5, 0.6) is 0 Å². The van der Waals surface area contributed by atoms with Gasteiger partial charge >= 0.3 is 0 Å². The van der Waals surface area contributed by atoms with Crippen LogP contribution in [0.1, 0.15) is 22.8 Å². The average molecular weight is 412 g/mol. The number of nitrogens with one attached hydrogen (secondary N) is 1. The minimum Gasteiger partial charge on any atom is -0.348 e. The molecule has 0 saturated heterocycles. The standard InChI is InChI=1S/C22H21FN2O3S/c1-2-25(19-9-4-3-5-10-19)29(27,28)20-14-12-17(13-15-20)22(26)24-16-18-8-6-7-11-21(18)23/h3-15H,2,16H2,1H3,(H,24,26). The Morgan fingerprint density at radius 2 is 1.55 bits per heavy atom. The molecule has 7 heteroatoms. The van der Waals surface area contributed by atoms with E-state index in [1.54, 1.807) is 49.4 Å². The largest absolute Gasteiger partial charge is 0.348 e. The number of nitrogens with zero attached hydrogens (tertiary/aromatic N) is 1. The zero-order chi connectivity index (χ0) is 20.9. The van der Waals surface area contributed by atoms with Gasteiger partial charge in [0.05, 0.1) is 10.6 Å². The van der Waals surface area contributed by atoms with Crippen LogP contribution in [0.3, 0.4) is 0 Å². The summed E-state index contributed by atoms with van der Waals surface area (Å²) in [6.45, 7) is 2.08. The van der Waals surface area contributed by atoms with Gasteiger partial charge in [-0.05, 0) is 49.4 Å². The lowest BCUT2D eigenvalue weighted by atomic mass is 10.2. The van der Waals surface area contributed by atoms with E-state index in [1.165, 1.54) is 34.6 Å². The maximum absolute atomic E-state index is 13.7. The third-order valence-corrected chi connectivity index (χ3v) is 6.35. The number of amides is 1. The molecule has 0 aliphatic heterocycles. The third-order valence-electron chi connectivity index (χ3n) is 4.43. The van der Waals surface area contributed by atoms with Gasteiger partial charge in [0.15, 0.2) is 0 Å². The van der Waals surface area contributed by atoms with Crippen LogP contribution in [-0.2, 0) is 16.6 Å². The summed E-state index contributed by atoms with van der Waals surface area (Å²) in [6, 6.07) is 20.7. The maximum Gasteiger partial charge on any atom is 0.264 e. The predicted molar refractivity (Wildman–Crippen MR) is 111 cm³/mol. The summed E-state index contributed by atoms with van der Waals surface area (Å²) in [4.78, 5) is 12.4. The number of para-hydroxylation sites is 1. The quantitative estimate of drug-likeness (QED) is 0.639. The molecule has 1 amide bonds. The summed E-state index contributed by atoms with van der Waals surface area (Å²) >= 11 is 0. The molecule has 0 radical (unpaired) electrons.